The van der Waals surface area contributed by atoms with Crippen molar-refractivity contribution >= 4 is 34.9 Å². The first kappa shape index (κ1) is 19.0. The molecule has 7 nitrogen and oxygen atoms in total. The first-order valence-corrected chi connectivity index (χ1v) is 9.52. The van der Waals surface area contributed by atoms with Gasteiger partial charge in [0, 0.05) is 18.7 Å². The standard InChI is InChI=1S/C20H15FN2O5S/c21-14-4-1-12(2-5-14)9-17-19(25)23(20(26)29-17)8-7-22-18(24)13-3-6-15-16(10-13)28-11-27-15/h1-6,9-10H,7-8,11H2,(H,22,24)/b17-9-. The van der Waals surface area contributed by atoms with Crippen LogP contribution in [-0.2, 0) is 4.79 Å². The van der Waals surface area contributed by atoms with Crippen LogP contribution in [0.2, 0.25) is 0 Å². The SMILES string of the molecule is O=C(NCCN1C(=O)S/C(=C\c2ccc(F)cc2)C1=O)c1ccc2c(c1)OCO2. The summed E-state index contributed by atoms with van der Waals surface area (Å²) in [6, 6.07) is 10.4. The molecule has 2 aliphatic heterocycles. The van der Waals surface area contributed by atoms with Gasteiger partial charge in [0.05, 0.1) is 4.91 Å². The summed E-state index contributed by atoms with van der Waals surface area (Å²) < 4.78 is 23.4. The normalized spacial score (nSPS) is 16.6. The molecule has 1 fully saturated rings. The summed E-state index contributed by atoms with van der Waals surface area (Å²) in [6.45, 7) is 0.266. The number of hydrogen-bond donors (Lipinski definition) is 1. The summed E-state index contributed by atoms with van der Waals surface area (Å²) in [5.41, 5.74) is 1.01. The van der Waals surface area contributed by atoms with Crippen molar-refractivity contribution in [2.24, 2.45) is 0 Å². The molecule has 0 unspecified atom stereocenters. The molecule has 148 valence electrons. The van der Waals surface area contributed by atoms with Gasteiger partial charge in [-0.1, -0.05) is 12.1 Å². The third-order valence-corrected chi connectivity index (χ3v) is 5.20. The molecule has 0 saturated carbocycles. The molecule has 2 heterocycles. The highest BCUT2D eigenvalue weighted by atomic mass is 32.2. The Hall–Kier alpha value is -3.33. The van der Waals surface area contributed by atoms with Crippen LogP contribution in [0.5, 0.6) is 11.5 Å². The number of carbonyl (C=O) groups excluding carboxylic acids is 3. The minimum Gasteiger partial charge on any atom is -0.454 e. The first-order chi connectivity index (χ1) is 14.0. The molecule has 1 N–H and O–H groups in total. The number of ether oxygens (including phenoxy) is 2. The second kappa shape index (κ2) is 7.96. The van der Waals surface area contributed by atoms with Gasteiger partial charge in [-0.05, 0) is 53.7 Å². The fourth-order valence-corrected chi connectivity index (χ4v) is 3.69. The molecule has 0 aromatic heterocycles. The van der Waals surface area contributed by atoms with E-state index in [2.05, 4.69) is 5.32 Å². The van der Waals surface area contributed by atoms with E-state index in [1.807, 2.05) is 0 Å². The molecule has 9 heteroatoms. The molecule has 2 aromatic rings. The second-order valence-electron chi connectivity index (χ2n) is 6.21. The van der Waals surface area contributed by atoms with Crippen LogP contribution < -0.4 is 14.8 Å². The van der Waals surface area contributed by atoms with E-state index in [9.17, 15) is 18.8 Å². The number of benzene rings is 2. The Kier molecular flexibility index (Phi) is 5.22. The van der Waals surface area contributed by atoms with Crippen molar-refractivity contribution in [3.63, 3.8) is 0 Å². The highest BCUT2D eigenvalue weighted by molar-refractivity contribution is 8.18. The van der Waals surface area contributed by atoms with Crippen LogP contribution in [0, 0.1) is 5.82 Å². The Bertz CT molecular complexity index is 1020. The van der Waals surface area contributed by atoms with Gasteiger partial charge in [0.15, 0.2) is 11.5 Å². The summed E-state index contributed by atoms with van der Waals surface area (Å²) in [4.78, 5) is 38.2. The quantitative estimate of drug-likeness (QED) is 0.757. The van der Waals surface area contributed by atoms with Crippen LogP contribution in [0.4, 0.5) is 9.18 Å². The molecule has 4 rings (SSSR count). The number of imide groups is 1. The molecular weight excluding hydrogens is 399 g/mol. The summed E-state index contributed by atoms with van der Waals surface area (Å²) in [5.74, 6) is -0.103. The van der Waals surface area contributed by atoms with Gasteiger partial charge in [0.2, 0.25) is 6.79 Å². The highest BCUT2D eigenvalue weighted by Gasteiger charge is 2.34. The van der Waals surface area contributed by atoms with Gasteiger partial charge in [-0.25, -0.2) is 4.39 Å². The molecule has 1 saturated heterocycles. The molecule has 3 amide bonds. The molecule has 2 aromatic carbocycles. The monoisotopic (exact) mass is 414 g/mol. The van der Waals surface area contributed by atoms with Crippen molar-refractivity contribution in [1.29, 1.82) is 0 Å². The minimum absolute atomic E-state index is 0.0434. The topological polar surface area (TPSA) is 84.9 Å². The van der Waals surface area contributed by atoms with Crippen LogP contribution >= 0.6 is 11.8 Å². The number of halogens is 1. The second-order valence-corrected chi connectivity index (χ2v) is 7.20. The number of carbonyl (C=O) groups is 3. The number of nitrogens with one attached hydrogen (secondary N) is 1. The number of hydrogen-bond acceptors (Lipinski definition) is 6. The van der Waals surface area contributed by atoms with Gasteiger partial charge in [-0.3, -0.25) is 19.3 Å². The molecule has 2 aliphatic rings. The van der Waals surface area contributed by atoms with Crippen molar-refractivity contribution in [2.45, 2.75) is 0 Å². The van der Waals surface area contributed by atoms with Gasteiger partial charge in [-0.15, -0.1) is 0 Å². The summed E-state index contributed by atoms with van der Waals surface area (Å²) in [7, 11) is 0. The average molecular weight is 414 g/mol. The zero-order valence-electron chi connectivity index (χ0n) is 15.0. The zero-order valence-corrected chi connectivity index (χ0v) is 15.8. The van der Waals surface area contributed by atoms with E-state index in [4.69, 9.17) is 9.47 Å². The predicted octanol–water partition coefficient (Wildman–Crippen LogP) is 3.02. The van der Waals surface area contributed by atoms with Crippen LogP contribution in [0.15, 0.2) is 47.4 Å². The van der Waals surface area contributed by atoms with E-state index >= 15 is 0 Å². The molecular formula is C20H15FN2O5S. The van der Waals surface area contributed by atoms with Crippen molar-refractivity contribution in [2.75, 3.05) is 19.9 Å². The van der Waals surface area contributed by atoms with Gasteiger partial charge < -0.3 is 14.8 Å². The predicted molar refractivity (Wildman–Crippen MR) is 104 cm³/mol. The minimum atomic E-state index is -0.443. The fourth-order valence-electron chi connectivity index (χ4n) is 2.82. The Labute approximate surface area is 169 Å². The number of thioether (sulfide) groups is 1. The number of amides is 3. The molecule has 0 aliphatic carbocycles. The maximum Gasteiger partial charge on any atom is 0.293 e. The molecule has 29 heavy (non-hydrogen) atoms. The largest absolute Gasteiger partial charge is 0.454 e. The lowest BCUT2D eigenvalue weighted by Gasteiger charge is -2.13. The maximum atomic E-state index is 13.0. The van der Waals surface area contributed by atoms with E-state index < -0.39 is 11.1 Å². The number of rotatable bonds is 5. The van der Waals surface area contributed by atoms with Crippen molar-refractivity contribution in [1.82, 2.24) is 10.2 Å². The Morgan fingerprint density at radius 1 is 1.14 bits per heavy atom. The van der Waals surface area contributed by atoms with Crippen LogP contribution in [0.3, 0.4) is 0 Å². The van der Waals surface area contributed by atoms with Gasteiger partial charge in [0.25, 0.3) is 17.1 Å². The molecule has 0 radical (unpaired) electrons. The lowest BCUT2D eigenvalue weighted by Crippen LogP contribution is -2.37. The number of fused-ring (bicyclic) bond motifs is 1. The van der Waals surface area contributed by atoms with Gasteiger partial charge in [0.1, 0.15) is 5.82 Å². The fraction of sp³-hybridized carbons (Fsp3) is 0.150. The van der Waals surface area contributed by atoms with Crippen LogP contribution in [0.1, 0.15) is 15.9 Å². The lowest BCUT2D eigenvalue weighted by molar-refractivity contribution is -0.122. The van der Waals surface area contributed by atoms with Crippen LogP contribution in [-0.4, -0.2) is 41.8 Å². The van der Waals surface area contributed by atoms with Crippen molar-refractivity contribution < 1.29 is 28.2 Å². The molecule has 0 bridgehead atoms. The Morgan fingerprint density at radius 3 is 2.69 bits per heavy atom. The van der Waals surface area contributed by atoms with E-state index in [1.54, 1.807) is 18.2 Å². The lowest BCUT2D eigenvalue weighted by atomic mass is 10.2. The highest BCUT2D eigenvalue weighted by Crippen LogP contribution is 2.33. The molecule has 0 spiro atoms. The van der Waals surface area contributed by atoms with E-state index in [0.29, 0.717) is 22.6 Å². The van der Waals surface area contributed by atoms with E-state index in [-0.39, 0.29) is 36.5 Å². The van der Waals surface area contributed by atoms with E-state index in [1.165, 1.54) is 30.3 Å². The van der Waals surface area contributed by atoms with Gasteiger partial charge >= 0.3 is 0 Å². The smallest absolute Gasteiger partial charge is 0.293 e. The van der Waals surface area contributed by atoms with Crippen LogP contribution in [0.25, 0.3) is 6.08 Å². The maximum absolute atomic E-state index is 13.0. The summed E-state index contributed by atoms with van der Waals surface area (Å²) in [5, 5.41) is 2.26. The summed E-state index contributed by atoms with van der Waals surface area (Å²) >= 11 is 0.811. The Morgan fingerprint density at radius 2 is 1.90 bits per heavy atom. The third kappa shape index (κ3) is 4.09. The third-order valence-electron chi connectivity index (χ3n) is 4.30. The van der Waals surface area contributed by atoms with Gasteiger partial charge in [-0.2, -0.15) is 0 Å². The first-order valence-electron chi connectivity index (χ1n) is 8.70. The molecule has 0 atom stereocenters. The zero-order chi connectivity index (χ0) is 20.4. The van der Waals surface area contributed by atoms with Crippen molar-refractivity contribution in [3.8, 4) is 11.5 Å². The van der Waals surface area contributed by atoms with E-state index in [0.717, 1.165) is 16.7 Å². The average Bonchev–Trinajstić information content (AvgIpc) is 3.28. The number of nitrogens with zero attached hydrogens (tertiary/aromatic N) is 1. The van der Waals surface area contributed by atoms with Crippen molar-refractivity contribution in [3.05, 3.63) is 64.3 Å². The Balaban J connectivity index is 1.35. The summed E-state index contributed by atoms with van der Waals surface area (Å²) in [6.07, 6.45) is 1.54.